The molecule has 0 amide bonds. The van der Waals surface area contributed by atoms with Crippen LogP contribution in [0.25, 0.3) is 10.8 Å². The minimum Gasteiger partial charge on any atom is -0.279 e. The molecule has 0 spiro atoms. The molecule has 108 valence electrons. The van der Waals surface area contributed by atoms with E-state index in [1.54, 1.807) is 12.1 Å². The summed E-state index contributed by atoms with van der Waals surface area (Å²) in [5, 5.41) is 2.42. The lowest BCUT2D eigenvalue weighted by Crippen LogP contribution is -2.11. The van der Waals surface area contributed by atoms with Gasteiger partial charge in [0.05, 0.1) is 8.81 Å². The molecule has 2 aromatic carbocycles. The molecule has 1 N–H and O–H groups in total. The third-order valence-corrected chi connectivity index (χ3v) is 7.22. The smallest absolute Gasteiger partial charge is 0.271 e. The van der Waals surface area contributed by atoms with E-state index in [2.05, 4.69) is 20.7 Å². The number of sulfonamides is 1. The second kappa shape index (κ2) is 5.61. The molecule has 7 heteroatoms. The first-order valence-electron chi connectivity index (χ1n) is 5.92. The summed E-state index contributed by atoms with van der Waals surface area (Å²) in [4.78, 5) is 0. The van der Waals surface area contributed by atoms with Crippen LogP contribution in [0.5, 0.6) is 0 Å². The maximum absolute atomic E-state index is 12.3. The molecule has 0 aliphatic carbocycles. The normalized spacial score (nSPS) is 11.7. The van der Waals surface area contributed by atoms with E-state index in [4.69, 9.17) is 11.6 Å². The van der Waals surface area contributed by atoms with Crippen molar-refractivity contribution in [2.45, 2.75) is 4.21 Å². The second-order valence-corrected chi connectivity index (χ2v) is 9.04. The molecule has 0 aliphatic heterocycles. The zero-order valence-corrected chi connectivity index (χ0v) is 14.5. The molecule has 0 unspecified atom stereocenters. The number of thiophene rings is 1. The van der Waals surface area contributed by atoms with Crippen LogP contribution in [-0.2, 0) is 10.0 Å². The fourth-order valence-electron chi connectivity index (χ4n) is 1.92. The van der Waals surface area contributed by atoms with Crippen molar-refractivity contribution in [1.29, 1.82) is 0 Å². The molecule has 1 heterocycles. The van der Waals surface area contributed by atoms with Gasteiger partial charge < -0.3 is 0 Å². The van der Waals surface area contributed by atoms with E-state index < -0.39 is 10.0 Å². The predicted octanol–water partition coefficient (Wildman–Crippen LogP) is 5.12. The molecular weight excluding hydrogens is 394 g/mol. The van der Waals surface area contributed by atoms with Crippen LogP contribution in [0.2, 0.25) is 5.02 Å². The number of hydrogen-bond donors (Lipinski definition) is 1. The first-order chi connectivity index (χ1) is 9.95. The van der Waals surface area contributed by atoms with Crippen LogP contribution in [0.1, 0.15) is 0 Å². The van der Waals surface area contributed by atoms with E-state index in [-0.39, 0.29) is 4.21 Å². The van der Waals surface area contributed by atoms with Crippen LogP contribution in [-0.4, -0.2) is 8.42 Å². The summed E-state index contributed by atoms with van der Waals surface area (Å²) in [5.74, 6) is 0. The summed E-state index contributed by atoms with van der Waals surface area (Å²) in [6.45, 7) is 0. The van der Waals surface area contributed by atoms with Crippen molar-refractivity contribution < 1.29 is 8.42 Å². The molecule has 0 saturated carbocycles. The van der Waals surface area contributed by atoms with Crippen LogP contribution >= 0.6 is 38.9 Å². The Balaban J connectivity index is 1.97. The largest absolute Gasteiger partial charge is 0.279 e. The number of rotatable bonds is 3. The fraction of sp³-hybridized carbons (Fsp3) is 0. The Morgan fingerprint density at radius 3 is 2.43 bits per heavy atom. The van der Waals surface area contributed by atoms with Crippen molar-refractivity contribution in [3.63, 3.8) is 0 Å². The van der Waals surface area contributed by atoms with Crippen molar-refractivity contribution in [3.05, 3.63) is 57.3 Å². The van der Waals surface area contributed by atoms with Crippen LogP contribution < -0.4 is 4.72 Å². The Bertz CT molecular complexity index is 902. The van der Waals surface area contributed by atoms with Gasteiger partial charge in [0.2, 0.25) is 0 Å². The van der Waals surface area contributed by atoms with E-state index >= 15 is 0 Å². The van der Waals surface area contributed by atoms with E-state index in [0.29, 0.717) is 14.5 Å². The van der Waals surface area contributed by atoms with Crippen molar-refractivity contribution in [1.82, 2.24) is 0 Å². The lowest BCUT2D eigenvalue weighted by Gasteiger charge is -2.07. The van der Waals surface area contributed by atoms with Crippen LogP contribution in [0.3, 0.4) is 0 Å². The van der Waals surface area contributed by atoms with Gasteiger partial charge in [-0.1, -0.05) is 41.9 Å². The van der Waals surface area contributed by atoms with Crippen LogP contribution in [0.4, 0.5) is 5.69 Å². The highest BCUT2D eigenvalue weighted by Gasteiger charge is 2.19. The third kappa shape index (κ3) is 3.08. The van der Waals surface area contributed by atoms with Gasteiger partial charge in [-0.15, -0.1) is 11.3 Å². The van der Waals surface area contributed by atoms with Crippen molar-refractivity contribution in [2.24, 2.45) is 0 Å². The Hall–Kier alpha value is -1.08. The molecule has 0 saturated heterocycles. The van der Waals surface area contributed by atoms with Gasteiger partial charge in [-0.25, -0.2) is 8.42 Å². The minimum absolute atomic E-state index is 0.174. The van der Waals surface area contributed by atoms with Gasteiger partial charge in [-0.2, -0.15) is 0 Å². The monoisotopic (exact) mass is 401 g/mol. The summed E-state index contributed by atoms with van der Waals surface area (Å²) in [6, 6.07) is 14.6. The average molecular weight is 403 g/mol. The molecule has 0 aliphatic rings. The van der Waals surface area contributed by atoms with Crippen LogP contribution in [0, 0.1) is 0 Å². The molecule has 0 bridgehead atoms. The molecule has 21 heavy (non-hydrogen) atoms. The Labute approximate surface area is 139 Å². The van der Waals surface area contributed by atoms with Gasteiger partial charge in [0.25, 0.3) is 10.0 Å². The molecule has 0 radical (unpaired) electrons. The van der Waals surface area contributed by atoms with E-state index in [1.807, 2.05) is 30.3 Å². The van der Waals surface area contributed by atoms with Gasteiger partial charge in [0.1, 0.15) is 4.21 Å². The first-order valence-corrected chi connectivity index (χ1v) is 9.39. The van der Waals surface area contributed by atoms with Gasteiger partial charge in [-0.05, 0) is 44.9 Å². The Morgan fingerprint density at radius 1 is 1.05 bits per heavy atom. The minimum atomic E-state index is -3.63. The number of halogens is 2. The fourth-order valence-corrected chi connectivity index (χ4v) is 5.37. The summed E-state index contributed by atoms with van der Waals surface area (Å²) in [7, 11) is -3.63. The average Bonchev–Trinajstić information content (AvgIpc) is 2.79. The van der Waals surface area contributed by atoms with E-state index in [9.17, 15) is 8.42 Å². The van der Waals surface area contributed by atoms with Gasteiger partial charge in [0.15, 0.2) is 0 Å². The number of nitrogens with one attached hydrogen (secondary N) is 1. The highest BCUT2D eigenvalue weighted by atomic mass is 79.9. The molecular formula is C14H9BrClNO2S2. The standard InChI is InChI=1S/C14H9BrClNO2S2/c15-14-12(16)8-13(20-14)21(18,19)17-11-6-5-9-3-1-2-4-10(9)7-11/h1-8,17H. The zero-order chi connectivity index (χ0) is 15.0. The Morgan fingerprint density at radius 2 is 1.76 bits per heavy atom. The summed E-state index contributed by atoms with van der Waals surface area (Å²) >= 11 is 10.2. The summed E-state index contributed by atoms with van der Waals surface area (Å²) < 4.78 is 28.0. The lowest BCUT2D eigenvalue weighted by molar-refractivity contribution is 0.603. The molecule has 3 aromatic rings. The topological polar surface area (TPSA) is 46.2 Å². The quantitative estimate of drug-likeness (QED) is 0.661. The molecule has 1 aromatic heterocycles. The third-order valence-electron chi connectivity index (χ3n) is 2.89. The maximum atomic E-state index is 12.3. The van der Waals surface area contributed by atoms with Crippen molar-refractivity contribution in [2.75, 3.05) is 4.72 Å². The Kier molecular flexibility index (Phi) is 3.96. The van der Waals surface area contributed by atoms with E-state index in [1.165, 1.54) is 6.07 Å². The highest BCUT2D eigenvalue weighted by Crippen LogP contribution is 2.35. The van der Waals surface area contributed by atoms with Crippen molar-refractivity contribution in [3.8, 4) is 0 Å². The number of hydrogen-bond acceptors (Lipinski definition) is 3. The predicted molar refractivity (Wildman–Crippen MR) is 91.8 cm³/mol. The zero-order valence-electron chi connectivity index (χ0n) is 10.5. The van der Waals surface area contributed by atoms with Gasteiger partial charge in [0, 0.05) is 5.69 Å². The molecule has 3 nitrogen and oxygen atoms in total. The number of benzene rings is 2. The SMILES string of the molecule is O=S(=O)(Nc1ccc2ccccc2c1)c1cc(Cl)c(Br)s1. The summed E-state index contributed by atoms with van der Waals surface area (Å²) in [5.41, 5.74) is 0.523. The van der Waals surface area contributed by atoms with Crippen LogP contribution in [0.15, 0.2) is 56.5 Å². The van der Waals surface area contributed by atoms with Gasteiger partial charge in [-0.3, -0.25) is 4.72 Å². The second-order valence-electron chi connectivity index (χ2n) is 4.35. The summed E-state index contributed by atoms with van der Waals surface area (Å²) in [6.07, 6.45) is 0. The molecule has 3 rings (SSSR count). The first kappa shape index (κ1) is 14.8. The van der Waals surface area contributed by atoms with E-state index in [0.717, 1.165) is 22.1 Å². The molecule has 0 atom stereocenters. The molecule has 0 fully saturated rings. The van der Waals surface area contributed by atoms with Gasteiger partial charge >= 0.3 is 0 Å². The number of anilines is 1. The lowest BCUT2D eigenvalue weighted by atomic mass is 10.1. The number of fused-ring (bicyclic) bond motifs is 1. The highest BCUT2D eigenvalue weighted by molar-refractivity contribution is 9.11. The maximum Gasteiger partial charge on any atom is 0.271 e. The van der Waals surface area contributed by atoms with Crippen molar-refractivity contribution >= 4 is 65.4 Å².